The first-order valence-electron chi connectivity index (χ1n) is 8.09. The van der Waals surface area contributed by atoms with Gasteiger partial charge >= 0.3 is 11.7 Å². The summed E-state index contributed by atoms with van der Waals surface area (Å²) >= 11 is 0. The molecule has 0 fully saturated rings. The van der Waals surface area contributed by atoms with Gasteiger partial charge in [-0.1, -0.05) is 6.07 Å². The Balaban J connectivity index is 2.64. The number of anilines is 2. The first kappa shape index (κ1) is 21.8. The van der Waals surface area contributed by atoms with E-state index in [1.807, 2.05) is 0 Å². The lowest BCUT2D eigenvalue weighted by molar-refractivity contribution is -0.695. The van der Waals surface area contributed by atoms with Crippen LogP contribution >= 0.6 is 0 Å². The van der Waals surface area contributed by atoms with E-state index in [0.717, 1.165) is 11.1 Å². The molecule has 0 aliphatic carbocycles. The Hall–Kier alpha value is -4.49. The highest BCUT2D eigenvalue weighted by molar-refractivity contribution is 5.89. The number of carboxylic acids is 1. The summed E-state index contributed by atoms with van der Waals surface area (Å²) < 4.78 is 0. The van der Waals surface area contributed by atoms with E-state index in [1.165, 1.54) is 50.3 Å². The normalized spacial score (nSPS) is 11.0. The fourth-order valence-corrected chi connectivity index (χ4v) is 2.32. The molecule has 14 heteroatoms. The van der Waals surface area contributed by atoms with Gasteiger partial charge in [-0.05, 0) is 18.2 Å². The largest absolute Gasteiger partial charge is 0.569 e. The minimum Gasteiger partial charge on any atom is -0.569 e. The average molecular weight is 420 g/mol. The molecule has 0 amide bonds. The highest BCUT2D eigenvalue weighted by Gasteiger charge is 2.29. The molecule has 30 heavy (non-hydrogen) atoms. The van der Waals surface area contributed by atoms with Crippen molar-refractivity contribution in [1.29, 1.82) is 0 Å². The first-order valence-corrected chi connectivity index (χ1v) is 8.09. The molecule has 0 unspecified atom stereocenters. The standard InChI is InChI=1S/C16H16N6O8/c1-18(2)22(29)17-30-15-9-12(13(20(25)26)8-14(15)21(27)28)19(3)11-6-4-5-10(7-11)16(23)24/h4-9H,1-3H3,(H,23,24)/b22-17-. The van der Waals surface area contributed by atoms with E-state index in [0.29, 0.717) is 6.07 Å². The summed E-state index contributed by atoms with van der Waals surface area (Å²) in [4.78, 5) is 38.4. The van der Waals surface area contributed by atoms with E-state index >= 15 is 0 Å². The summed E-state index contributed by atoms with van der Waals surface area (Å²) in [7, 11) is 4.09. The monoisotopic (exact) mass is 420 g/mol. The summed E-state index contributed by atoms with van der Waals surface area (Å²) in [6.45, 7) is 0. The van der Waals surface area contributed by atoms with Crippen LogP contribution in [0.1, 0.15) is 10.4 Å². The molecular weight excluding hydrogens is 404 g/mol. The lowest BCUT2D eigenvalue weighted by Gasteiger charge is -2.20. The van der Waals surface area contributed by atoms with Gasteiger partial charge in [-0.3, -0.25) is 25.1 Å². The Morgan fingerprint density at radius 3 is 2.20 bits per heavy atom. The number of rotatable bonds is 8. The van der Waals surface area contributed by atoms with E-state index in [-0.39, 0.29) is 21.9 Å². The van der Waals surface area contributed by atoms with E-state index in [1.54, 1.807) is 0 Å². The molecule has 14 nitrogen and oxygen atoms in total. The van der Waals surface area contributed by atoms with Crippen molar-refractivity contribution >= 4 is 28.7 Å². The van der Waals surface area contributed by atoms with E-state index in [4.69, 9.17) is 9.94 Å². The molecule has 0 aliphatic rings. The SMILES string of the molecule is CN(c1cccc(C(=O)O)c1)c1cc(O/N=[N+](\[O-])N(C)C)c([N+](=O)[O-])cc1[N+](=O)[O-]. The number of nitro groups is 2. The zero-order chi connectivity index (χ0) is 22.6. The smallest absolute Gasteiger partial charge is 0.335 e. The number of nitro benzene ring substituents is 2. The highest BCUT2D eigenvalue weighted by Crippen LogP contribution is 2.41. The Kier molecular flexibility index (Phi) is 6.31. The van der Waals surface area contributed by atoms with Crippen LogP contribution < -0.4 is 9.74 Å². The van der Waals surface area contributed by atoms with Gasteiger partial charge in [0.1, 0.15) is 11.8 Å². The summed E-state index contributed by atoms with van der Waals surface area (Å²) in [6.07, 6.45) is 0. The maximum absolute atomic E-state index is 11.5. The molecule has 0 atom stereocenters. The van der Waals surface area contributed by atoms with Crippen molar-refractivity contribution in [3.63, 3.8) is 0 Å². The van der Waals surface area contributed by atoms with Crippen LogP contribution in [0.2, 0.25) is 0 Å². The minimum absolute atomic E-state index is 0.00482. The number of nitrogens with zero attached hydrogens (tertiary/aromatic N) is 6. The van der Waals surface area contributed by atoms with Gasteiger partial charge in [0.25, 0.3) is 5.69 Å². The molecule has 0 aliphatic heterocycles. The van der Waals surface area contributed by atoms with Crippen molar-refractivity contribution in [3.05, 3.63) is 67.4 Å². The number of hydrogen-bond acceptors (Lipinski definition) is 9. The molecule has 0 heterocycles. The van der Waals surface area contributed by atoms with E-state index in [9.17, 15) is 30.2 Å². The molecule has 0 spiro atoms. The maximum atomic E-state index is 11.5. The molecular formula is C16H16N6O8. The van der Waals surface area contributed by atoms with E-state index < -0.39 is 32.9 Å². The van der Waals surface area contributed by atoms with Crippen LogP contribution in [-0.4, -0.2) is 52.0 Å². The fraction of sp³-hybridized carbons (Fsp3) is 0.188. The van der Waals surface area contributed by atoms with Gasteiger partial charge in [0.2, 0.25) is 11.0 Å². The molecule has 0 aromatic heterocycles. The van der Waals surface area contributed by atoms with Crippen LogP contribution in [0.25, 0.3) is 0 Å². The number of carboxylic acid groups (broad SMARTS) is 1. The van der Waals surface area contributed by atoms with Crippen LogP contribution in [0, 0.1) is 25.4 Å². The summed E-state index contributed by atoms with van der Waals surface area (Å²) in [5.74, 6) is -1.73. The molecule has 2 aromatic carbocycles. The lowest BCUT2D eigenvalue weighted by Crippen LogP contribution is -2.21. The van der Waals surface area contributed by atoms with Gasteiger partial charge < -0.3 is 15.2 Å². The first-order chi connectivity index (χ1) is 14.0. The molecule has 0 saturated heterocycles. The molecule has 2 rings (SSSR count). The number of carbonyl (C=O) groups is 1. The molecule has 0 radical (unpaired) electrons. The quantitative estimate of drug-likeness (QED) is 0.289. The highest BCUT2D eigenvalue weighted by atomic mass is 16.7. The topological polar surface area (TPSA) is 178 Å². The van der Waals surface area contributed by atoms with Crippen molar-refractivity contribution in [3.8, 4) is 5.75 Å². The minimum atomic E-state index is -1.20. The molecule has 2 aromatic rings. The van der Waals surface area contributed by atoms with Crippen molar-refractivity contribution in [2.75, 3.05) is 26.0 Å². The third-order valence-electron chi connectivity index (χ3n) is 3.84. The third-order valence-corrected chi connectivity index (χ3v) is 3.84. The second-order valence-corrected chi connectivity index (χ2v) is 6.01. The predicted molar refractivity (Wildman–Crippen MR) is 102 cm³/mol. The Morgan fingerprint density at radius 2 is 1.67 bits per heavy atom. The van der Waals surface area contributed by atoms with Gasteiger partial charge in [0, 0.05) is 18.8 Å². The van der Waals surface area contributed by atoms with Gasteiger partial charge in [0.05, 0.1) is 34.5 Å². The summed E-state index contributed by atoms with van der Waals surface area (Å²) in [5, 5.41) is 47.6. The summed E-state index contributed by atoms with van der Waals surface area (Å²) in [5.41, 5.74) is -1.38. The van der Waals surface area contributed by atoms with Crippen LogP contribution in [-0.2, 0) is 0 Å². The van der Waals surface area contributed by atoms with Crippen LogP contribution in [0.15, 0.2) is 41.7 Å². The van der Waals surface area contributed by atoms with Gasteiger partial charge in [-0.2, -0.15) is 5.01 Å². The average Bonchev–Trinajstić information content (AvgIpc) is 2.70. The van der Waals surface area contributed by atoms with Crippen LogP contribution in [0.3, 0.4) is 0 Å². The Morgan fingerprint density at radius 1 is 1.03 bits per heavy atom. The van der Waals surface area contributed by atoms with Crippen molar-refractivity contribution in [2.45, 2.75) is 0 Å². The molecule has 1 N–H and O–H groups in total. The maximum Gasteiger partial charge on any atom is 0.335 e. The van der Waals surface area contributed by atoms with E-state index in [2.05, 4.69) is 5.28 Å². The van der Waals surface area contributed by atoms with Crippen molar-refractivity contribution in [2.24, 2.45) is 5.28 Å². The molecule has 158 valence electrons. The van der Waals surface area contributed by atoms with Crippen molar-refractivity contribution in [1.82, 2.24) is 5.01 Å². The second-order valence-electron chi connectivity index (χ2n) is 6.01. The number of aromatic carboxylic acids is 1. The molecule has 0 saturated carbocycles. The number of benzene rings is 2. The lowest BCUT2D eigenvalue weighted by atomic mass is 10.1. The zero-order valence-corrected chi connectivity index (χ0v) is 16.0. The Labute approximate surface area is 168 Å². The predicted octanol–water partition coefficient (Wildman–Crippen LogP) is 2.70. The summed E-state index contributed by atoms with van der Waals surface area (Å²) in [6, 6.07) is 7.17. The molecule has 0 bridgehead atoms. The van der Waals surface area contributed by atoms with Crippen molar-refractivity contribution < 1.29 is 29.6 Å². The zero-order valence-electron chi connectivity index (χ0n) is 16.0. The fourth-order valence-electron chi connectivity index (χ4n) is 2.32. The Bertz CT molecular complexity index is 1040. The van der Waals surface area contributed by atoms with Crippen LogP contribution in [0.4, 0.5) is 22.7 Å². The third kappa shape index (κ3) is 4.67. The van der Waals surface area contributed by atoms with Crippen LogP contribution in [0.5, 0.6) is 5.75 Å². The van der Waals surface area contributed by atoms with Gasteiger partial charge in [-0.15, -0.1) is 0 Å². The number of hydrazine groups is 1. The number of hydrogen-bond donors (Lipinski definition) is 1. The van der Waals surface area contributed by atoms with Gasteiger partial charge in [-0.25, -0.2) is 4.79 Å². The second kappa shape index (κ2) is 8.68. The van der Waals surface area contributed by atoms with Gasteiger partial charge in [0.15, 0.2) is 0 Å².